The molecular formula is C22H28NO4P. The van der Waals surface area contributed by atoms with Crippen LogP contribution in [-0.2, 0) is 0 Å². The maximum absolute atomic E-state index is 10.2. The molecule has 3 aromatic rings. The number of hydrogen-bond acceptors (Lipinski definition) is 5. The van der Waals surface area contributed by atoms with Crippen molar-refractivity contribution in [2.75, 3.05) is 13.2 Å². The van der Waals surface area contributed by atoms with Gasteiger partial charge in [0.1, 0.15) is 17.0 Å². The molecule has 2 unspecified atom stereocenters. The minimum Gasteiger partial charge on any atom is -0.493 e. The van der Waals surface area contributed by atoms with E-state index in [9.17, 15) is 5.11 Å². The summed E-state index contributed by atoms with van der Waals surface area (Å²) < 4.78 is 17.5. The van der Waals surface area contributed by atoms with E-state index in [0.29, 0.717) is 41.9 Å². The van der Waals surface area contributed by atoms with Gasteiger partial charge in [-0.3, -0.25) is 0 Å². The fraction of sp³-hybridized carbons (Fsp3) is 0.409. The zero-order valence-corrected chi connectivity index (χ0v) is 18.0. The highest BCUT2D eigenvalue weighted by molar-refractivity contribution is 7.27. The van der Waals surface area contributed by atoms with Crippen molar-refractivity contribution in [1.29, 1.82) is 0 Å². The van der Waals surface area contributed by atoms with Gasteiger partial charge in [-0.05, 0) is 44.0 Å². The van der Waals surface area contributed by atoms with Crippen LogP contribution in [0.25, 0.3) is 22.6 Å². The summed E-state index contributed by atoms with van der Waals surface area (Å²) >= 11 is 0. The summed E-state index contributed by atoms with van der Waals surface area (Å²) in [7, 11) is 2.66. The molecule has 0 saturated carbocycles. The molecule has 150 valence electrons. The summed E-state index contributed by atoms with van der Waals surface area (Å²) in [4.78, 5) is 4.60. The third-order valence-corrected chi connectivity index (χ3v) is 5.15. The first-order valence-electron chi connectivity index (χ1n) is 9.70. The largest absolute Gasteiger partial charge is 0.493 e. The molecule has 0 aliphatic carbocycles. The number of hydrogen-bond donors (Lipinski definition) is 1. The number of nitrogens with zero attached hydrogens (tertiary/aromatic N) is 1. The van der Waals surface area contributed by atoms with Crippen LogP contribution in [0.3, 0.4) is 0 Å². The summed E-state index contributed by atoms with van der Waals surface area (Å²) in [6.07, 6.45) is 0.417. The van der Waals surface area contributed by atoms with Gasteiger partial charge < -0.3 is 19.0 Å². The third-order valence-electron chi connectivity index (χ3n) is 4.72. The van der Waals surface area contributed by atoms with Crippen molar-refractivity contribution in [3.63, 3.8) is 0 Å². The van der Waals surface area contributed by atoms with Gasteiger partial charge in [-0.15, -0.1) is 9.24 Å². The molecule has 1 N–H and O–H groups in total. The maximum atomic E-state index is 10.2. The van der Waals surface area contributed by atoms with Gasteiger partial charge in [0, 0.05) is 22.5 Å². The van der Waals surface area contributed by atoms with Crippen LogP contribution in [0, 0.1) is 5.92 Å². The molecule has 5 nitrogen and oxygen atoms in total. The lowest BCUT2D eigenvalue weighted by Gasteiger charge is -2.16. The molecule has 28 heavy (non-hydrogen) atoms. The summed E-state index contributed by atoms with van der Waals surface area (Å²) in [5.74, 6) is 2.47. The Morgan fingerprint density at radius 3 is 2.61 bits per heavy atom. The highest BCUT2D eigenvalue weighted by atomic mass is 31.0. The second-order valence-electron chi connectivity index (χ2n) is 7.07. The van der Waals surface area contributed by atoms with E-state index in [1.807, 2.05) is 37.3 Å². The Kier molecular flexibility index (Phi) is 6.58. The fourth-order valence-corrected chi connectivity index (χ4v) is 3.32. The SMILES string of the molecule is CCOc1c(P)cc(-c2nc3ccc(OC[C@H](C)CC)cc3o2)cc1C(C)O. The highest BCUT2D eigenvalue weighted by Crippen LogP contribution is 2.33. The van der Waals surface area contributed by atoms with Crippen LogP contribution in [0.15, 0.2) is 34.7 Å². The predicted octanol–water partition coefficient (Wildman–Crippen LogP) is 4.87. The molecule has 0 amide bonds. The lowest BCUT2D eigenvalue weighted by molar-refractivity contribution is 0.192. The van der Waals surface area contributed by atoms with Gasteiger partial charge in [0.2, 0.25) is 5.89 Å². The van der Waals surface area contributed by atoms with Crippen molar-refractivity contribution < 1.29 is 19.0 Å². The summed E-state index contributed by atoms with van der Waals surface area (Å²) in [5, 5.41) is 11.0. The van der Waals surface area contributed by atoms with E-state index in [2.05, 4.69) is 28.1 Å². The molecule has 0 spiro atoms. The number of aromatic nitrogens is 1. The molecule has 3 rings (SSSR count). The molecule has 0 radical (unpaired) electrons. The average molecular weight is 401 g/mol. The standard InChI is InChI=1S/C22H28NO4P/c1-5-13(3)12-26-16-7-8-18-19(11-16)27-22(23-18)15-9-17(14(4)24)21(25-6-2)20(28)10-15/h7-11,13-14,24H,5-6,12,28H2,1-4H3/t13-,14?/m1/s1. The van der Waals surface area contributed by atoms with Crippen molar-refractivity contribution in [3.05, 3.63) is 35.9 Å². The molecule has 0 aliphatic heterocycles. The maximum Gasteiger partial charge on any atom is 0.227 e. The molecule has 3 atom stereocenters. The van der Waals surface area contributed by atoms with Crippen molar-refractivity contribution in [2.24, 2.45) is 5.92 Å². The van der Waals surface area contributed by atoms with E-state index in [-0.39, 0.29) is 0 Å². The Bertz CT molecular complexity index is 951. The smallest absolute Gasteiger partial charge is 0.227 e. The lowest BCUT2D eigenvalue weighted by atomic mass is 10.1. The van der Waals surface area contributed by atoms with Crippen molar-refractivity contribution >= 4 is 25.6 Å². The molecule has 2 aromatic carbocycles. The van der Waals surface area contributed by atoms with Crippen LogP contribution in [0.5, 0.6) is 11.5 Å². The number of aliphatic hydroxyl groups excluding tert-OH is 1. The first kappa shape index (κ1) is 20.6. The van der Waals surface area contributed by atoms with Gasteiger partial charge in [0.25, 0.3) is 0 Å². The molecule has 1 heterocycles. The first-order chi connectivity index (χ1) is 13.4. The van der Waals surface area contributed by atoms with Gasteiger partial charge in [-0.25, -0.2) is 4.98 Å². The second-order valence-corrected chi connectivity index (χ2v) is 7.69. The van der Waals surface area contributed by atoms with E-state index in [4.69, 9.17) is 13.9 Å². The second kappa shape index (κ2) is 8.93. The topological polar surface area (TPSA) is 64.7 Å². The van der Waals surface area contributed by atoms with E-state index in [1.165, 1.54) is 0 Å². The van der Waals surface area contributed by atoms with E-state index in [0.717, 1.165) is 28.6 Å². The molecule has 0 fully saturated rings. The first-order valence-corrected chi connectivity index (χ1v) is 10.3. The van der Waals surface area contributed by atoms with Crippen LogP contribution in [0.2, 0.25) is 0 Å². The number of ether oxygens (including phenoxy) is 2. The van der Waals surface area contributed by atoms with Gasteiger partial charge >= 0.3 is 0 Å². The van der Waals surface area contributed by atoms with Crippen molar-refractivity contribution in [1.82, 2.24) is 4.98 Å². The Hall–Kier alpha value is -2.10. The average Bonchev–Trinajstić information content (AvgIpc) is 3.10. The molecule has 0 aliphatic rings. The Balaban J connectivity index is 1.95. The van der Waals surface area contributed by atoms with Crippen molar-refractivity contribution in [2.45, 2.75) is 40.2 Å². The van der Waals surface area contributed by atoms with Crippen molar-refractivity contribution in [3.8, 4) is 23.0 Å². The fourth-order valence-electron chi connectivity index (χ4n) is 2.89. The number of fused-ring (bicyclic) bond motifs is 1. The van der Waals surface area contributed by atoms with Gasteiger partial charge in [-0.1, -0.05) is 20.3 Å². The van der Waals surface area contributed by atoms with Gasteiger partial charge in [0.05, 0.1) is 19.3 Å². The van der Waals surface area contributed by atoms with E-state index < -0.39 is 6.10 Å². The summed E-state index contributed by atoms with van der Waals surface area (Å²) in [5.41, 5.74) is 2.95. The number of oxazole rings is 1. The molecule has 0 saturated heterocycles. The molecule has 6 heteroatoms. The van der Waals surface area contributed by atoms with Crippen LogP contribution in [0.4, 0.5) is 0 Å². The van der Waals surface area contributed by atoms with Gasteiger partial charge in [-0.2, -0.15) is 0 Å². The van der Waals surface area contributed by atoms with Crippen LogP contribution < -0.4 is 14.8 Å². The predicted molar refractivity (Wildman–Crippen MR) is 116 cm³/mol. The Labute approximate surface area is 168 Å². The molecule has 0 bridgehead atoms. The quantitative estimate of drug-likeness (QED) is 0.546. The monoisotopic (exact) mass is 401 g/mol. The van der Waals surface area contributed by atoms with Crippen LogP contribution in [0.1, 0.15) is 45.8 Å². The number of rotatable bonds is 8. The highest BCUT2D eigenvalue weighted by Gasteiger charge is 2.17. The summed E-state index contributed by atoms with van der Waals surface area (Å²) in [6.45, 7) is 9.17. The van der Waals surface area contributed by atoms with Gasteiger partial charge in [0.15, 0.2) is 5.58 Å². The van der Waals surface area contributed by atoms with Crippen LogP contribution >= 0.6 is 9.24 Å². The molecular weight excluding hydrogens is 373 g/mol. The lowest BCUT2D eigenvalue weighted by Crippen LogP contribution is -2.08. The number of aliphatic hydroxyl groups is 1. The zero-order valence-electron chi connectivity index (χ0n) is 16.9. The normalized spacial score (nSPS) is 13.5. The summed E-state index contributed by atoms with van der Waals surface area (Å²) in [6, 6.07) is 9.50. The minimum atomic E-state index is -0.661. The van der Waals surface area contributed by atoms with Crippen LogP contribution in [-0.4, -0.2) is 23.3 Å². The molecule has 1 aromatic heterocycles. The van der Waals surface area contributed by atoms with E-state index in [1.54, 1.807) is 6.92 Å². The third kappa shape index (κ3) is 4.48. The Morgan fingerprint density at radius 1 is 1.14 bits per heavy atom. The zero-order chi connectivity index (χ0) is 20.3. The van der Waals surface area contributed by atoms with E-state index >= 15 is 0 Å². The number of benzene rings is 2. The Morgan fingerprint density at radius 2 is 1.93 bits per heavy atom. The minimum absolute atomic E-state index is 0.503.